The second-order valence-corrected chi connectivity index (χ2v) is 12.4. The molecule has 4 aliphatic rings. The molecule has 0 unspecified atom stereocenters. The lowest BCUT2D eigenvalue weighted by atomic mass is 9.43. The Morgan fingerprint density at radius 1 is 0.800 bits per heavy atom. The zero-order valence-electron chi connectivity index (χ0n) is 19.9. The van der Waals surface area contributed by atoms with Crippen LogP contribution in [-0.2, 0) is 0 Å². The summed E-state index contributed by atoms with van der Waals surface area (Å²) in [5, 5.41) is 32.3. The van der Waals surface area contributed by atoms with Gasteiger partial charge in [-0.15, -0.1) is 0 Å². The van der Waals surface area contributed by atoms with Gasteiger partial charge in [-0.1, -0.05) is 46.8 Å². The molecule has 11 atom stereocenters. The molecule has 0 bridgehead atoms. The van der Waals surface area contributed by atoms with E-state index < -0.39 is 0 Å². The van der Waals surface area contributed by atoms with Crippen LogP contribution in [0.25, 0.3) is 0 Å². The first-order valence-corrected chi connectivity index (χ1v) is 12.8. The van der Waals surface area contributed by atoms with E-state index in [9.17, 15) is 15.3 Å². The standard InChI is InChI=1S/C27H46O3/c1-16(2)6-9-24(29)17(3)20-7-8-21-19-15-25(30)23-14-18(28)10-12-27(23,5)22(19)11-13-26(20,21)4/h6,9,16-25,28-30H,7-8,10-15H2,1-5H3/b9-6-/t17-,18+,19-,20+,21-,22-,23-,24+,25-,26+,27+/m0/s1. The molecular formula is C27H46O3. The number of rotatable bonds is 4. The number of aliphatic hydroxyl groups excluding tert-OH is 3. The van der Waals surface area contributed by atoms with Crippen molar-refractivity contribution in [3.63, 3.8) is 0 Å². The van der Waals surface area contributed by atoms with Crippen LogP contribution in [0.4, 0.5) is 0 Å². The summed E-state index contributed by atoms with van der Waals surface area (Å²) in [5.41, 5.74) is 0.469. The summed E-state index contributed by atoms with van der Waals surface area (Å²) in [6, 6.07) is 0. The molecule has 4 saturated carbocycles. The van der Waals surface area contributed by atoms with Gasteiger partial charge in [-0.05, 0) is 104 Å². The molecule has 3 nitrogen and oxygen atoms in total. The summed E-state index contributed by atoms with van der Waals surface area (Å²) < 4.78 is 0. The molecule has 0 saturated heterocycles. The Labute approximate surface area is 184 Å². The lowest BCUT2D eigenvalue weighted by Crippen LogP contribution is -2.58. The number of allylic oxidation sites excluding steroid dienone is 1. The van der Waals surface area contributed by atoms with E-state index in [1.54, 1.807) is 0 Å². The molecule has 3 N–H and O–H groups in total. The Bertz CT molecular complexity index is 644. The molecule has 0 amide bonds. The Hall–Kier alpha value is -0.380. The van der Waals surface area contributed by atoms with E-state index in [0.29, 0.717) is 29.6 Å². The fraction of sp³-hybridized carbons (Fsp3) is 0.926. The summed E-state index contributed by atoms with van der Waals surface area (Å²) in [4.78, 5) is 0. The molecule has 0 heterocycles. The molecular weight excluding hydrogens is 372 g/mol. The van der Waals surface area contributed by atoms with Crippen LogP contribution in [0.15, 0.2) is 12.2 Å². The van der Waals surface area contributed by atoms with E-state index in [1.165, 1.54) is 25.7 Å². The van der Waals surface area contributed by atoms with Crippen molar-refractivity contribution in [2.45, 2.75) is 104 Å². The van der Waals surface area contributed by atoms with Crippen LogP contribution in [0.3, 0.4) is 0 Å². The highest BCUT2D eigenvalue weighted by molar-refractivity contribution is 5.12. The fourth-order valence-corrected chi connectivity index (χ4v) is 8.93. The van der Waals surface area contributed by atoms with E-state index in [0.717, 1.165) is 25.7 Å². The zero-order valence-corrected chi connectivity index (χ0v) is 19.9. The van der Waals surface area contributed by atoms with Crippen LogP contribution in [0, 0.1) is 52.3 Å². The topological polar surface area (TPSA) is 60.7 Å². The number of aliphatic hydroxyl groups is 3. The second kappa shape index (κ2) is 8.19. The van der Waals surface area contributed by atoms with Gasteiger partial charge in [-0.3, -0.25) is 0 Å². The van der Waals surface area contributed by atoms with Gasteiger partial charge in [-0.2, -0.15) is 0 Å². The second-order valence-electron chi connectivity index (χ2n) is 12.4. The minimum absolute atomic E-state index is 0.187. The summed E-state index contributed by atoms with van der Waals surface area (Å²) >= 11 is 0. The van der Waals surface area contributed by atoms with Gasteiger partial charge >= 0.3 is 0 Å². The molecule has 172 valence electrons. The average molecular weight is 419 g/mol. The van der Waals surface area contributed by atoms with Crippen LogP contribution in [0.5, 0.6) is 0 Å². The molecule has 0 radical (unpaired) electrons. The summed E-state index contributed by atoms with van der Waals surface area (Å²) in [6.07, 6.45) is 12.0. The van der Waals surface area contributed by atoms with Crippen LogP contribution in [0.2, 0.25) is 0 Å². The van der Waals surface area contributed by atoms with Crippen LogP contribution in [0.1, 0.15) is 86.0 Å². The first kappa shape index (κ1) is 22.8. The van der Waals surface area contributed by atoms with Crippen molar-refractivity contribution in [1.29, 1.82) is 0 Å². The van der Waals surface area contributed by atoms with Crippen molar-refractivity contribution in [3.8, 4) is 0 Å². The molecule has 0 aromatic carbocycles. The van der Waals surface area contributed by atoms with Crippen molar-refractivity contribution >= 4 is 0 Å². The van der Waals surface area contributed by atoms with Gasteiger partial charge in [0.15, 0.2) is 0 Å². The molecule has 4 fully saturated rings. The van der Waals surface area contributed by atoms with Gasteiger partial charge in [-0.25, -0.2) is 0 Å². The molecule has 0 aliphatic heterocycles. The van der Waals surface area contributed by atoms with E-state index in [4.69, 9.17) is 0 Å². The van der Waals surface area contributed by atoms with Gasteiger partial charge in [0, 0.05) is 0 Å². The third kappa shape index (κ3) is 3.61. The Morgan fingerprint density at radius 3 is 2.17 bits per heavy atom. The first-order chi connectivity index (χ1) is 14.1. The highest BCUT2D eigenvalue weighted by Crippen LogP contribution is 2.68. The lowest BCUT2D eigenvalue weighted by molar-refractivity contribution is -0.173. The largest absolute Gasteiger partial charge is 0.393 e. The molecule has 4 aliphatic carbocycles. The lowest BCUT2D eigenvalue weighted by Gasteiger charge is -2.62. The van der Waals surface area contributed by atoms with Gasteiger partial charge < -0.3 is 15.3 Å². The van der Waals surface area contributed by atoms with E-state index in [-0.39, 0.29) is 41.0 Å². The molecule has 0 aromatic rings. The van der Waals surface area contributed by atoms with Crippen molar-refractivity contribution < 1.29 is 15.3 Å². The summed E-state index contributed by atoms with van der Waals surface area (Å²) in [7, 11) is 0. The minimum Gasteiger partial charge on any atom is -0.393 e. The number of fused-ring (bicyclic) bond motifs is 5. The highest BCUT2D eigenvalue weighted by atomic mass is 16.3. The van der Waals surface area contributed by atoms with Crippen LogP contribution in [-0.4, -0.2) is 33.6 Å². The third-order valence-electron chi connectivity index (χ3n) is 10.6. The van der Waals surface area contributed by atoms with E-state index in [1.807, 2.05) is 6.08 Å². The van der Waals surface area contributed by atoms with Gasteiger partial charge in [0.2, 0.25) is 0 Å². The Morgan fingerprint density at radius 2 is 1.47 bits per heavy atom. The predicted octanol–water partition coefficient (Wildman–Crippen LogP) is 5.19. The van der Waals surface area contributed by atoms with E-state index >= 15 is 0 Å². The highest BCUT2D eigenvalue weighted by Gasteiger charge is 2.62. The third-order valence-corrected chi connectivity index (χ3v) is 10.6. The fourth-order valence-electron chi connectivity index (χ4n) is 8.93. The first-order valence-electron chi connectivity index (χ1n) is 12.8. The van der Waals surface area contributed by atoms with Gasteiger partial charge in [0.25, 0.3) is 0 Å². The molecule has 0 aromatic heterocycles. The monoisotopic (exact) mass is 418 g/mol. The maximum Gasteiger partial charge on any atom is 0.0749 e. The van der Waals surface area contributed by atoms with Crippen LogP contribution >= 0.6 is 0 Å². The number of hydrogen-bond donors (Lipinski definition) is 3. The van der Waals surface area contributed by atoms with Crippen molar-refractivity contribution in [2.24, 2.45) is 52.3 Å². The Kier molecular flexibility index (Phi) is 6.23. The van der Waals surface area contributed by atoms with Crippen molar-refractivity contribution in [1.82, 2.24) is 0 Å². The van der Waals surface area contributed by atoms with Gasteiger partial charge in [0.1, 0.15) is 0 Å². The van der Waals surface area contributed by atoms with Crippen LogP contribution < -0.4 is 0 Å². The normalized spacial score (nSPS) is 50.8. The zero-order chi connectivity index (χ0) is 21.8. The molecule has 30 heavy (non-hydrogen) atoms. The Balaban J connectivity index is 1.55. The summed E-state index contributed by atoms with van der Waals surface area (Å²) in [6.45, 7) is 11.5. The predicted molar refractivity (Wildman–Crippen MR) is 122 cm³/mol. The summed E-state index contributed by atoms with van der Waals surface area (Å²) in [5.74, 6) is 3.56. The average Bonchev–Trinajstić information content (AvgIpc) is 3.04. The maximum atomic E-state index is 11.2. The minimum atomic E-state index is -0.357. The SMILES string of the molecule is CC(C)/C=C\[C@@H](O)[C@@H](C)[C@H]1CC[C@H]2[C@@H]3C[C@H](O)[C@@H]4C[C@H](O)CC[C@]4(C)[C@H]3CC[C@]12C. The molecule has 4 rings (SSSR count). The number of hydrogen-bond acceptors (Lipinski definition) is 3. The smallest absolute Gasteiger partial charge is 0.0749 e. The van der Waals surface area contributed by atoms with Crippen molar-refractivity contribution in [2.75, 3.05) is 0 Å². The maximum absolute atomic E-state index is 11.2. The molecule has 0 spiro atoms. The van der Waals surface area contributed by atoms with Crippen molar-refractivity contribution in [3.05, 3.63) is 12.2 Å². The van der Waals surface area contributed by atoms with Gasteiger partial charge in [0.05, 0.1) is 18.3 Å². The quantitative estimate of drug-likeness (QED) is 0.551. The molecule has 3 heteroatoms. The van der Waals surface area contributed by atoms with E-state index in [2.05, 4.69) is 40.7 Å².